The number of hydrogen-bond donors (Lipinski definition) is 1. The zero-order chi connectivity index (χ0) is 10.7. The fourth-order valence-corrected chi connectivity index (χ4v) is 1.85. The quantitative estimate of drug-likeness (QED) is 0.776. The van der Waals surface area contributed by atoms with Crippen LogP contribution in [0.3, 0.4) is 0 Å². The Morgan fingerprint density at radius 2 is 2.13 bits per heavy atom. The van der Waals surface area contributed by atoms with Crippen molar-refractivity contribution in [2.75, 3.05) is 13.1 Å². The van der Waals surface area contributed by atoms with Crippen LogP contribution < -0.4 is 0 Å². The molecule has 1 aliphatic heterocycles. The summed E-state index contributed by atoms with van der Waals surface area (Å²) in [7, 11) is 0. The van der Waals surface area contributed by atoms with Crippen LogP contribution in [0.1, 0.15) is 12.0 Å². The summed E-state index contributed by atoms with van der Waals surface area (Å²) in [5.74, 6) is 0.109. The average Bonchev–Trinajstić information content (AvgIpc) is 2.66. The van der Waals surface area contributed by atoms with E-state index in [1.54, 1.807) is 4.90 Å². The van der Waals surface area contributed by atoms with Gasteiger partial charge < -0.3 is 10.0 Å². The standard InChI is InChI=1S/C12H15NO2/c14-11-6-7-13(9-11)12(15)8-10-4-2-1-3-5-10/h1-5,11,14H,6-9H2/t11-/m1/s1. The van der Waals surface area contributed by atoms with E-state index in [1.807, 2.05) is 30.3 Å². The molecule has 0 unspecified atom stereocenters. The lowest BCUT2D eigenvalue weighted by molar-refractivity contribution is -0.129. The number of amides is 1. The summed E-state index contributed by atoms with van der Waals surface area (Å²) in [4.78, 5) is 13.5. The van der Waals surface area contributed by atoms with Crippen LogP contribution in [0.4, 0.5) is 0 Å². The van der Waals surface area contributed by atoms with Crippen molar-refractivity contribution in [3.63, 3.8) is 0 Å². The molecule has 1 aromatic carbocycles. The van der Waals surface area contributed by atoms with Crippen molar-refractivity contribution < 1.29 is 9.90 Å². The van der Waals surface area contributed by atoms with Crippen molar-refractivity contribution in [2.24, 2.45) is 0 Å². The Balaban J connectivity index is 1.93. The van der Waals surface area contributed by atoms with Gasteiger partial charge in [-0.1, -0.05) is 30.3 Å². The summed E-state index contributed by atoms with van der Waals surface area (Å²) in [5.41, 5.74) is 1.03. The number of rotatable bonds is 2. The summed E-state index contributed by atoms with van der Waals surface area (Å²) in [5, 5.41) is 9.32. The molecular weight excluding hydrogens is 190 g/mol. The molecule has 0 spiro atoms. The number of hydrogen-bond acceptors (Lipinski definition) is 2. The van der Waals surface area contributed by atoms with E-state index in [0.717, 1.165) is 5.56 Å². The first-order valence-electron chi connectivity index (χ1n) is 5.25. The first-order chi connectivity index (χ1) is 7.25. The summed E-state index contributed by atoms with van der Waals surface area (Å²) in [6.07, 6.45) is 0.818. The lowest BCUT2D eigenvalue weighted by atomic mass is 10.1. The second-order valence-corrected chi connectivity index (χ2v) is 3.94. The molecule has 1 atom stereocenters. The number of benzene rings is 1. The monoisotopic (exact) mass is 205 g/mol. The number of likely N-dealkylation sites (tertiary alicyclic amines) is 1. The van der Waals surface area contributed by atoms with E-state index in [2.05, 4.69) is 0 Å². The third kappa shape index (κ3) is 2.57. The number of nitrogens with zero attached hydrogens (tertiary/aromatic N) is 1. The van der Waals surface area contributed by atoms with Crippen LogP contribution in [-0.2, 0) is 11.2 Å². The van der Waals surface area contributed by atoms with E-state index in [0.29, 0.717) is 25.9 Å². The highest BCUT2D eigenvalue weighted by atomic mass is 16.3. The number of β-amino-alcohol motifs (C(OH)–C–C–N with tert-alkyl or cyclic N) is 1. The Labute approximate surface area is 89.3 Å². The summed E-state index contributed by atoms with van der Waals surface area (Å²) in [6.45, 7) is 1.18. The van der Waals surface area contributed by atoms with Crippen LogP contribution in [0.25, 0.3) is 0 Å². The van der Waals surface area contributed by atoms with Gasteiger partial charge in [0.05, 0.1) is 12.5 Å². The Morgan fingerprint density at radius 3 is 2.73 bits per heavy atom. The molecule has 1 N–H and O–H groups in total. The minimum Gasteiger partial charge on any atom is -0.391 e. The van der Waals surface area contributed by atoms with Gasteiger partial charge in [0, 0.05) is 13.1 Å². The number of carbonyl (C=O) groups is 1. The summed E-state index contributed by atoms with van der Waals surface area (Å²) in [6, 6.07) is 9.70. The van der Waals surface area contributed by atoms with Crippen LogP contribution in [-0.4, -0.2) is 35.1 Å². The normalized spacial score (nSPS) is 20.6. The highest BCUT2D eigenvalue weighted by Gasteiger charge is 2.24. The van der Waals surface area contributed by atoms with Crippen molar-refractivity contribution in [1.82, 2.24) is 4.90 Å². The molecule has 1 saturated heterocycles. The van der Waals surface area contributed by atoms with Crippen LogP contribution in [0, 0.1) is 0 Å². The molecule has 15 heavy (non-hydrogen) atoms. The van der Waals surface area contributed by atoms with Gasteiger partial charge in [0.2, 0.25) is 5.91 Å². The van der Waals surface area contributed by atoms with Gasteiger partial charge in [-0.3, -0.25) is 4.79 Å². The smallest absolute Gasteiger partial charge is 0.227 e. The molecule has 3 nitrogen and oxygen atoms in total. The van der Waals surface area contributed by atoms with E-state index in [1.165, 1.54) is 0 Å². The fraction of sp³-hybridized carbons (Fsp3) is 0.417. The highest BCUT2D eigenvalue weighted by molar-refractivity contribution is 5.79. The van der Waals surface area contributed by atoms with Gasteiger partial charge in [-0.15, -0.1) is 0 Å². The zero-order valence-corrected chi connectivity index (χ0v) is 8.60. The highest BCUT2D eigenvalue weighted by Crippen LogP contribution is 2.11. The van der Waals surface area contributed by atoms with Crippen molar-refractivity contribution in [2.45, 2.75) is 18.9 Å². The van der Waals surface area contributed by atoms with Gasteiger partial charge in [-0.2, -0.15) is 0 Å². The van der Waals surface area contributed by atoms with Crippen LogP contribution >= 0.6 is 0 Å². The first kappa shape index (κ1) is 10.2. The molecule has 1 aliphatic rings. The van der Waals surface area contributed by atoms with E-state index in [4.69, 9.17) is 0 Å². The molecule has 80 valence electrons. The van der Waals surface area contributed by atoms with E-state index < -0.39 is 0 Å². The zero-order valence-electron chi connectivity index (χ0n) is 8.60. The molecule has 1 fully saturated rings. The van der Waals surface area contributed by atoms with Crippen molar-refractivity contribution in [3.8, 4) is 0 Å². The number of aliphatic hydroxyl groups excluding tert-OH is 1. The van der Waals surface area contributed by atoms with Gasteiger partial charge in [0.1, 0.15) is 0 Å². The summed E-state index contributed by atoms with van der Waals surface area (Å²) >= 11 is 0. The Kier molecular flexibility index (Phi) is 3.02. The maximum absolute atomic E-state index is 11.8. The predicted octanol–water partition coefficient (Wildman–Crippen LogP) is 0.822. The Bertz CT molecular complexity index is 337. The van der Waals surface area contributed by atoms with Crippen molar-refractivity contribution in [3.05, 3.63) is 35.9 Å². The molecule has 0 aliphatic carbocycles. The predicted molar refractivity (Wildman–Crippen MR) is 57.3 cm³/mol. The number of carbonyl (C=O) groups excluding carboxylic acids is 1. The third-order valence-corrected chi connectivity index (χ3v) is 2.71. The van der Waals surface area contributed by atoms with Crippen LogP contribution in [0.15, 0.2) is 30.3 Å². The second-order valence-electron chi connectivity index (χ2n) is 3.94. The molecule has 0 saturated carbocycles. The molecular formula is C12H15NO2. The minimum atomic E-state index is -0.329. The molecule has 1 aromatic rings. The minimum absolute atomic E-state index is 0.109. The maximum Gasteiger partial charge on any atom is 0.227 e. The Morgan fingerprint density at radius 1 is 1.40 bits per heavy atom. The maximum atomic E-state index is 11.8. The van der Waals surface area contributed by atoms with E-state index in [-0.39, 0.29) is 12.0 Å². The first-order valence-corrected chi connectivity index (χ1v) is 5.25. The van der Waals surface area contributed by atoms with Gasteiger partial charge in [0.15, 0.2) is 0 Å². The molecule has 0 bridgehead atoms. The average molecular weight is 205 g/mol. The van der Waals surface area contributed by atoms with Crippen molar-refractivity contribution in [1.29, 1.82) is 0 Å². The van der Waals surface area contributed by atoms with Crippen LogP contribution in [0.5, 0.6) is 0 Å². The largest absolute Gasteiger partial charge is 0.391 e. The van der Waals surface area contributed by atoms with Gasteiger partial charge in [-0.25, -0.2) is 0 Å². The van der Waals surface area contributed by atoms with Gasteiger partial charge >= 0.3 is 0 Å². The molecule has 1 heterocycles. The van der Waals surface area contributed by atoms with E-state index >= 15 is 0 Å². The molecule has 1 amide bonds. The molecule has 0 aromatic heterocycles. The van der Waals surface area contributed by atoms with Crippen molar-refractivity contribution >= 4 is 5.91 Å². The van der Waals surface area contributed by atoms with Gasteiger partial charge in [-0.05, 0) is 12.0 Å². The third-order valence-electron chi connectivity index (χ3n) is 2.71. The Hall–Kier alpha value is -1.35. The lowest BCUT2D eigenvalue weighted by Gasteiger charge is -2.15. The topological polar surface area (TPSA) is 40.5 Å². The lowest BCUT2D eigenvalue weighted by Crippen LogP contribution is -2.30. The fourth-order valence-electron chi connectivity index (χ4n) is 1.85. The SMILES string of the molecule is O=C(Cc1ccccc1)N1CC[C@@H](O)C1. The molecule has 2 rings (SSSR count). The van der Waals surface area contributed by atoms with Gasteiger partial charge in [0.25, 0.3) is 0 Å². The molecule has 3 heteroatoms. The van der Waals surface area contributed by atoms with Crippen LogP contribution in [0.2, 0.25) is 0 Å². The second kappa shape index (κ2) is 4.45. The molecule has 0 radical (unpaired) electrons. The summed E-state index contributed by atoms with van der Waals surface area (Å²) < 4.78 is 0. The number of aliphatic hydroxyl groups is 1. The van der Waals surface area contributed by atoms with E-state index in [9.17, 15) is 9.90 Å².